The molecule has 1 fully saturated rings. The molecule has 3 rings (SSSR count). The lowest BCUT2D eigenvalue weighted by Crippen LogP contribution is -2.38. The minimum atomic E-state index is 0.114. The molecule has 7 heteroatoms. The third-order valence-electron chi connectivity index (χ3n) is 4.79. The Bertz CT molecular complexity index is 756. The van der Waals surface area contributed by atoms with E-state index < -0.39 is 0 Å². The van der Waals surface area contributed by atoms with Crippen molar-refractivity contribution in [2.24, 2.45) is 0 Å². The van der Waals surface area contributed by atoms with Gasteiger partial charge in [0.05, 0.1) is 11.9 Å². The maximum atomic E-state index is 12.6. The van der Waals surface area contributed by atoms with Crippen LogP contribution in [0.2, 0.25) is 0 Å². The molecule has 0 saturated carbocycles. The van der Waals surface area contributed by atoms with Gasteiger partial charge in [0.15, 0.2) is 5.16 Å². The number of amides is 1. The van der Waals surface area contributed by atoms with Gasteiger partial charge < -0.3 is 9.64 Å². The number of aryl methyl sites for hydroxylation is 2. The van der Waals surface area contributed by atoms with Crippen LogP contribution in [0.1, 0.15) is 30.9 Å². The van der Waals surface area contributed by atoms with E-state index >= 15 is 0 Å². The highest BCUT2D eigenvalue weighted by Crippen LogP contribution is 2.22. The quantitative estimate of drug-likeness (QED) is 0.697. The summed E-state index contributed by atoms with van der Waals surface area (Å²) in [5.74, 6) is 0.465. The van der Waals surface area contributed by atoms with E-state index in [4.69, 9.17) is 4.74 Å². The van der Waals surface area contributed by atoms with Gasteiger partial charge in [-0.15, -0.1) is 10.2 Å². The van der Waals surface area contributed by atoms with Crippen molar-refractivity contribution in [2.75, 3.05) is 25.4 Å². The fourth-order valence-electron chi connectivity index (χ4n) is 3.03. The summed E-state index contributed by atoms with van der Waals surface area (Å²) in [5, 5.41) is 8.94. The van der Waals surface area contributed by atoms with Gasteiger partial charge in [-0.2, -0.15) is 0 Å². The molecule has 0 bridgehead atoms. The van der Waals surface area contributed by atoms with Crippen molar-refractivity contribution in [3.63, 3.8) is 0 Å². The molecule has 0 aliphatic carbocycles. The zero-order valence-corrected chi connectivity index (χ0v) is 16.5. The van der Waals surface area contributed by atoms with Gasteiger partial charge in [0.2, 0.25) is 5.91 Å². The van der Waals surface area contributed by atoms with E-state index in [-0.39, 0.29) is 12.0 Å². The zero-order valence-electron chi connectivity index (χ0n) is 15.6. The highest BCUT2D eigenvalue weighted by molar-refractivity contribution is 7.99. The van der Waals surface area contributed by atoms with E-state index in [0.717, 1.165) is 30.3 Å². The Morgan fingerprint density at radius 2 is 2.23 bits per heavy atom. The van der Waals surface area contributed by atoms with Gasteiger partial charge in [-0.1, -0.05) is 17.8 Å². The molecule has 140 valence electrons. The Hall–Kier alpha value is -1.86. The fraction of sp³-hybridized carbons (Fsp3) is 0.526. The summed E-state index contributed by atoms with van der Waals surface area (Å²) in [6, 6.07) is 6.25. The number of aromatic nitrogens is 3. The first-order chi connectivity index (χ1) is 12.6. The molecule has 0 N–H and O–H groups in total. The molecule has 2 heterocycles. The van der Waals surface area contributed by atoms with Gasteiger partial charge in [0.25, 0.3) is 0 Å². The summed E-state index contributed by atoms with van der Waals surface area (Å²) in [6.45, 7) is 8.37. The van der Waals surface area contributed by atoms with Crippen molar-refractivity contribution in [1.82, 2.24) is 19.7 Å². The third kappa shape index (κ3) is 4.45. The molecule has 2 aromatic rings. The van der Waals surface area contributed by atoms with E-state index in [1.165, 1.54) is 22.9 Å². The van der Waals surface area contributed by atoms with Gasteiger partial charge in [-0.3, -0.25) is 9.36 Å². The molecule has 1 amide bonds. The Balaban J connectivity index is 1.63. The summed E-state index contributed by atoms with van der Waals surface area (Å²) in [6.07, 6.45) is 4.01. The van der Waals surface area contributed by atoms with E-state index in [1.807, 2.05) is 22.5 Å². The van der Waals surface area contributed by atoms with Crippen LogP contribution < -0.4 is 0 Å². The third-order valence-corrected chi connectivity index (χ3v) is 5.72. The van der Waals surface area contributed by atoms with Crippen LogP contribution in [0, 0.1) is 13.8 Å². The SMILES string of the molecule is CCN(CC1CCCO1)C(=O)CSc1nncn1-c1ccc(C)c(C)c1. The monoisotopic (exact) mass is 374 g/mol. The molecule has 1 aromatic carbocycles. The minimum Gasteiger partial charge on any atom is -0.376 e. The van der Waals surface area contributed by atoms with Crippen LogP contribution in [0.3, 0.4) is 0 Å². The maximum absolute atomic E-state index is 12.6. The van der Waals surface area contributed by atoms with Crippen LogP contribution in [0.5, 0.6) is 0 Å². The number of hydrogen-bond donors (Lipinski definition) is 0. The van der Waals surface area contributed by atoms with Crippen LogP contribution in [-0.2, 0) is 9.53 Å². The summed E-state index contributed by atoms with van der Waals surface area (Å²) in [5.41, 5.74) is 3.48. The molecule has 1 aliphatic heterocycles. The van der Waals surface area contributed by atoms with Gasteiger partial charge >= 0.3 is 0 Å². The standard InChI is InChI=1S/C19H26N4O2S/c1-4-22(11-17-6-5-9-25-17)18(24)12-26-19-21-20-13-23(19)16-8-7-14(2)15(3)10-16/h7-8,10,13,17H,4-6,9,11-12H2,1-3H3. The number of thioether (sulfide) groups is 1. The van der Waals surface area contributed by atoms with E-state index in [0.29, 0.717) is 18.8 Å². The summed E-state index contributed by atoms with van der Waals surface area (Å²) >= 11 is 1.43. The van der Waals surface area contributed by atoms with Crippen molar-refractivity contribution in [3.05, 3.63) is 35.7 Å². The lowest BCUT2D eigenvalue weighted by atomic mass is 10.1. The lowest BCUT2D eigenvalue weighted by Gasteiger charge is -2.23. The van der Waals surface area contributed by atoms with Crippen LogP contribution in [-0.4, -0.2) is 57.1 Å². The number of carbonyl (C=O) groups is 1. The zero-order chi connectivity index (χ0) is 18.5. The second-order valence-electron chi connectivity index (χ2n) is 6.61. The Labute approximate surface area is 158 Å². The predicted molar refractivity (Wildman–Crippen MR) is 103 cm³/mol. The number of nitrogens with zero attached hydrogens (tertiary/aromatic N) is 4. The van der Waals surface area contributed by atoms with Crippen molar-refractivity contribution in [2.45, 2.75) is 44.9 Å². The van der Waals surface area contributed by atoms with E-state index in [9.17, 15) is 4.79 Å². The molecule has 6 nitrogen and oxygen atoms in total. The number of benzene rings is 1. The Morgan fingerprint density at radius 1 is 1.38 bits per heavy atom. The van der Waals surface area contributed by atoms with Gasteiger partial charge in [0.1, 0.15) is 6.33 Å². The minimum absolute atomic E-state index is 0.114. The Kier molecular flexibility index (Phi) is 6.32. The first-order valence-corrected chi connectivity index (χ1v) is 10.1. The largest absolute Gasteiger partial charge is 0.376 e. The molecular weight excluding hydrogens is 348 g/mol. The normalized spacial score (nSPS) is 16.8. The highest BCUT2D eigenvalue weighted by atomic mass is 32.2. The summed E-state index contributed by atoms with van der Waals surface area (Å²) in [7, 11) is 0. The van der Waals surface area contributed by atoms with Crippen LogP contribution in [0.4, 0.5) is 0 Å². The number of likely N-dealkylation sites (N-methyl/N-ethyl adjacent to an activating group) is 1. The number of ether oxygens (including phenoxy) is 1. The summed E-state index contributed by atoms with van der Waals surface area (Å²) < 4.78 is 7.59. The van der Waals surface area contributed by atoms with Gasteiger partial charge in [-0.05, 0) is 56.9 Å². The van der Waals surface area contributed by atoms with Gasteiger partial charge in [-0.25, -0.2) is 0 Å². The lowest BCUT2D eigenvalue weighted by molar-refractivity contribution is -0.129. The predicted octanol–water partition coefficient (Wildman–Crippen LogP) is 3.00. The van der Waals surface area contributed by atoms with E-state index in [1.54, 1.807) is 6.33 Å². The van der Waals surface area contributed by atoms with Crippen molar-refractivity contribution >= 4 is 17.7 Å². The molecular formula is C19H26N4O2S. The highest BCUT2D eigenvalue weighted by Gasteiger charge is 2.22. The van der Waals surface area contributed by atoms with Crippen LogP contribution in [0.15, 0.2) is 29.7 Å². The molecule has 1 aliphatic rings. The van der Waals surface area contributed by atoms with E-state index in [2.05, 4.69) is 36.2 Å². The number of rotatable bonds is 7. The molecule has 1 unspecified atom stereocenters. The molecule has 1 aromatic heterocycles. The van der Waals surface area contributed by atoms with Crippen molar-refractivity contribution in [3.8, 4) is 5.69 Å². The summed E-state index contributed by atoms with van der Waals surface area (Å²) in [4.78, 5) is 14.5. The molecule has 26 heavy (non-hydrogen) atoms. The van der Waals surface area contributed by atoms with Crippen LogP contribution >= 0.6 is 11.8 Å². The number of hydrogen-bond acceptors (Lipinski definition) is 5. The topological polar surface area (TPSA) is 60.2 Å². The maximum Gasteiger partial charge on any atom is 0.233 e. The first kappa shape index (κ1) is 18.9. The van der Waals surface area contributed by atoms with Crippen LogP contribution in [0.25, 0.3) is 5.69 Å². The smallest absolute Gasteiger partial charge is 0.233 e. The molecule has 0 radical (unpaired) electrons. The molecule has 1 atom stereocenters. The second kappa shape index (κ2) is 8.68. The molecule has 0 spiro atoms. The molecule has 1 saturated heterocycles. The average molecular weight is 375 g/mol. The van der Waals surface area contributed by atoms with Gasteiger partial charge in [0, 0.05) is 25.4 Å². The fourth-order valence-corrected chi connectivity index (χ4v) is 3.87. The first-order valence-electron chi connectivity index (χ1n) is 9.08. The average Bonchev–Trinajstić information content (AvgIpc) is 3.31. The van der Waals surface area contributed by atoms with Crippen molar-refractivity contribution < 1.29 is 9.53 Å². The number of carbonyl (C=O) groups excluding carboxylic acids is 1. The Morgan fingerprint density at radius 3 is 2.92 bits per heavy atom. The van der Waals surface area contributed by atoms with Crippen molar-refractivity contribution in [1.29, 1.82) is 0 Å². The second-order valence-corrected chi connectivity index (χ2v) is 7.55.